The lowest BCUT2D eigenvalue weighted by atomic mass is 9.86. The fourth-order valence-electron chi connectivity index (χ4n) is 3.63. The van der Waals surface area contributed by atoms with Crippen LogP contribution >= 0.6 is 0 Å². The Morgan fingerprint density at radius 1 is 1.28 bits per heavy atom. The molecule has 3 N–H and O–H groups in total. The Bertz CT molecular complexity index is 429. The van der Waals surface area contributed by atoms with Gasteiger partial charge in [0, 0.05) is 17.3 Å². The molecule has 1 aromatic rings. The van der Waals surface area contributed by atoms with E-state index in [2.05, 4.69) is 41.6 Å². The van der Waals surface area contributed by atoms with Crippen molar-refractivity contribution in [3.05, 3.63) is 11.3 Å². The van der Waals surface area contributed by atoms with Crippen LogP contribution < -0.4 is 10.6 Å². The van der Waals surface area contributed by atoms with Gasteiger partial charge in [-0.2, -0.15) is 5.10 Å². The number of rotatable bonds is 2. The Morgan fingerprint density at radius 3 is 2.72 bits per heavy atom. The molecular formula is C14H24N4. The summed E-state index contributed by atoms with van der Waals surface area (Å²) in [7, 11) is 0. The third kappa shape index (κ3) is 1.92. The monoisotopic (exact) mass is 248 g/mol. The Morgan fingerprint density at radius 2 is 2.00 bits per heavy atom. The largest absolute Gasteiger partial charge is 0.366 e. The molecule has 3 rings (SSSR count). The molecule has 4 heteroatoms. The summed E-state index contributed by atoms with van der Waals surface area (Å²) in [6.45, 7) is 9.19. The van der Waals surface area contributed by atoms with E-state index in [1.54, 1.807) is 0 Å². The van der Waals surface area contributed by atoms with Crippen molar-refractivity contribution in [2.45, 2.75) is 57.4 Å². The lowest BCUT2D eigenvalue weighted by Crippen LogP contribution is -2.35. The minimum Gasteiger partial charge on any atom is -0.366 e. The maximum atomic E-state index is 4.52. The minimum absolute atomic E-state index is 0.247. The van der Waals surface area contributed by atoms with E-state index in [1.165, 1.54) is 30.5 Å². The zero-order valence-corrected chi connectivity index (χ0v) is 11.6. The van der Waals surface area contributed by atoms with Gasteiger partial charge in [-0.3, -0.25) is 5.10 Å². The van der Waals surface area contributed by atoms with Crippen molar-refractivity contribution in [3.8, 4) is 0 Å². The van der Waals surface area contributed by atoms with Gasteiger partial charge in [0.05, 0.1) is 0 Å². The highest BCUT2D eigenvalue weighted by atomic mass is 15.2. The van der Waals surface area contributed by atoms with E-state index >= 15 is 0 Å². The zero-order chi connectivity index (χ0) is 12.8. The fraction of sp³-hybridized carbons (Fsp3) is 0.786. The maximum Gasteiger partial charge on any atom is 0.152 e. The molecule has 0 spiro atoms. The Balaban J connectivity index is 1.84. The molecular weight excluding hydrogens is 224 g/mol. The molecule has 2 aliphatic rings. The molecule has 100 valence electrons. The van der Waals surface area contributed by atoms with E-state index in [-0.39, 0.29) is 5.41 Å². The second-order valence-corrected chi connectivity index (χ2v) is 6.52. The normalized spacial score (nSPS) is 27.2. The number of nitrogens with zero attached hydrogens (tertiary/aromatic N) is 1. The molecule has 1 atom stereocenters. The van der Waals surface area contributed by atoms with Crippen LogP contribution in [0.15, 0.2) is 0 Å². The van der Waals surface area contributed by atoms with E-state index in [0.29, 0.717) is 12.0 Å². The van der Waals surface area contributed by atoms with Crippen LogP contribution in [-0.4, -0.2) is 29.3 Å². The van der Waals surface area contributed by atoms with Crippen LogP contribution in [0.1, 0.15) is 57.2 Å². The fourth-order valence-corrected chi connectivity index (χ4v) is 3.63. The first-order valence-electron chi connectivity index (χ1n) is 7.14. The van der Waals surface area contributed by atoms with Crippen molar-refractivity contribution in [2.24, 2.45) is 0 Å². The van der Waals surface area contributed by atoms with Crippen LogP contribution in [0.4, 0.5) is 5.82 Å². The van der Waals surface area contributed by atoms with E-state index in [1.807, 2.05) is 0 Å². The molecule has 4 nitrogen and oxygen atoms in total. The van der Waals surface area contributed by atoms with Gasteiger partial charge in [0.25, 0.3) is 0 Å². The second-order valence-electron chi connectivity index (χ2n) is 6.52. The summed E-state index contributed by atoms with van der Waals surface area (Å²) in [5.41, 5.74) is 3.02. The molecule has 2 heterocycles. The van der Waals surface area contributed by atoms with Gasteiger partial charge in [-0.05, 0) is 43.7 Å². The van der Waals surface area contributed by atoms with Gasteiger partial charge in [-0.15, -0.1) is 0 Å². The van der Waals surface area contributed by atoms with Gasteiger partial charge in [-0.1, -0.05) is 20.8 Å². The summed E-state index contributed by atoms with van der Waals surface area (Å²) in [5, 5.41) is 14.8. The first kappa shape index (κ1) is 12.0. The van der Waals surface area contributed by atoms with Gasteiger partial charge < -0.3 is 10.6 Å². The molecule has 18 heavy (non-hydrogen) atoms. The quantitative estimate of drug-likeness (QED) is 0.753. The Labute approximate surface area is 109 Å². The first-order chi connectivity index (χ1) is 8.58. The van der Waals surface area contributed by atoms with Crippen LogP contribution in [0.3, 0.4) is 0 Å². The average molecular weight is 248 g/mol. The third-order valence-corrected chi connectivity index (χ3v) is 4.46. The highest BCUT2D eigenvalue weighted by molar-refractivity contribution is 5.55. The Kier molecular flexibility index (Phi) is 2.85. The van der Waals surface area contributed by atoms with Crippen molar-refractivity contribution in [3.63, 3.8) is 0 Å². The van der Waals surface area contributed by atoms with Gasteiger partial charge in [0.2, 0.25) is 0 Å². The molecule has 1 aromatic heterocycles. The number of aromatic amines is 1. The van der Waals surface area contributed by atoms with E-state index in [0.717, 1.165) is 18.9 Å². The van der Waals surface area contributed by atoms with Gasteiger partial charge in [-0.25, -0.2) is 0 Å². The zero-order valence-electron chi connectivity index (χ0n) is 11.6. The van der Waals surface area contributed by atoms with Crippen LogP contribution in [0.5, 0.6) is 0 Å². The predicted molar refractivity (Wildman–Crippen MR) is 74.2 cm³/mol. The molecule has 0 bridgehead atoms. The number of nitrogens with one attached hydrogen (secondary N) is 3. The van der Waals surface area contributed by atoms with E-state index < -0.39 is 0 Å². The van der Waals surface area contributed by atoms with Gasteiger partial charge in [0.15, 0.2) is 5.82 Å². The first-order valence-corrected chi connectivity index (χ1v) is 7.14. The highest BCUT2D eigenvalue weighted by Gasteiger charge is 2.39. The lowest BCUT2D eigenvalue weighted by Gasteiger charge is -2.26. The Hall–Kier alpha value is -1.03. The molecule has 0 amide bonds. The average Bonchev–Trinajstić information content (AvgIpc) is 2.83. The number of H-pyrrole nitrogens is 1. The van der Waals surface area contributed by atoms with Crippen LogP contribution in [0.2, 0.25) is 0 Å². The van der Waals surface area contributed by atoms with E-state index in [9.17, 15) is 0 Å². The van der Waals surface area contributed by atoms with Crippen molar-refractivity contribution >= 4 is 5.82 Å². The SMILES string of the molecule is CC1CC(C)(C)c2c(NC3CCNCC3)n[nH]c21. The van der Waals surface area contributed by atoms with Crippen molar-refractivity contribution in [1.82, 2.24) is 15.5 Å². The molecule has 1 fully saturated rings. The van der Waals surface area contributed by atoms with Crippen molar-refractivity contribution in [2.75, 3.05) is 18.4 Å². The molecule has 1 unspecified atom stereocenters. The third-order valence-electron chi connectivity index (χ3n) is 4.46. The number of hydrogen-bond donors (Lipinski definition) is 3. The maximum absolute atomic E-state index is 4.52. The molecule has 1 aliphatic heterocycles. The standard InChI is InChI=1S/C14H24N4/c1-9-8-14(2,3)11-12(9)17-18-13(11)16-10-4-6-15-7-5-10/h9-10,15H,4-8H2,1-3H3,(H2,16,17,18). The van der Waals surface area contributed by atoms with Gasteiger partial charge in [0.1, 0.15) is 0 Å². The van der Waals surface area contributed by atoms with Crippen LogP contribution in [-0.2, 0) is 5.41 Å². The lowest BCUT2D eigenvalue weighted by molar-refractivity contribution is 0.470. The van der Waals surface area contributed by atoms with Crippen molar-refractivity contribution in [1.29, 1.82) is 0 Å². The number of hydrogen-bond acceptors (Lipinski definition) is 3. The topological polar surface area (TPSA) is 52.7 Å². The number of piperidine rings is 1. The number of fused-ring (bicyclic) bond motifs is 1. The molecule has 0 aromatic carbocycles. The van der Waals surface area contributed by atoms with E-state index in [4.69, 9.17) is 0 Å². The predicted octanol–water partition coefficient (Wildman–Crippen LogP) is 2.36. The molecule has 0 radical (unpaired) electrons. The second kappa shape index (κ2) is 4.26. The molecule has 1 saturated heterocycles. The van der Waals surface area contributed by atoms with Gasteiger partial charge >= 0.3 is 0 Å². The highest BCUT2D eigenvalue weighted by Crippen LogP contribution is 2.47. The summed E-state index contributed by atoms with van der Waals surface area (Å²) in [6.07, 6.45) is 3.60. The summed E-state index contributed by atoms with van der Waals surface area (Å²) in [5.74, 6) is 1.71. The van der Waals surface area contributed by atoms with Crippen LogP contribution in [0.25, 0.3) is 0 Å². The summed E-state index contributed by atoms with van der Waals surface area (Å²) >= 11 is 0. The summed E-state index contributed by atoms with van der Waals surface area (Å²) in [4.78, 5) is 0. The minimum atomic E-state index is 0.247. The molecule has 0 saturated carbocycles. The molecule has 1 aliphatic carbocycles. The van der Waals surface area contributed by atoms with Crippen molar-refractivity contribution < 1.29 is 0 Å². The number of anilines is 1. The summed E-state index contributed by atoms with van der Waals surface area (Å²) < 4.78 is 0. The van der Waals surface area contributed by atoms with Crippen LogP contribution in [0, 0.1) is 0 Å². The smallest absolute Gasteiger partial charge is 0.152 e. The summed E-state index contributed by atoms with van der Waals surface area (Å²) in [6, 6.07) is 0.574. The number of aromatic nitrogens is 2.